The van der Waals surface area contributed by atoms with Gasteiger partial charge in [-0.25, -0.2) is 13.1 Å². The molecule has 0 fully saturated rings. The van der Waals surface area contributed by atoms with Crippen molar-refractivity contribution >= 4 is 28.9 Å². The molecule has 9 nitrogen and oxygen atoms in total. The van der Waals surface area contributed by atoms with Crippen LogP contribution in [0.1, 0.15) is 26.3 Å². The van der Waals surface area contributed by atoms with Crippen LogP contribution in [-0.2, 0) is 27.4 Å². The van der Waals surface area contributed by atoms with Crippen LogP contribution in [0.15, 0.2) is 86.4 Å². The maximum Gasteiger partial charge on any atom is 0.274 e. The first-order valence-corrected chi connectivity index (χ1v) is 17.3. The zero-order valence-electron chi connectivity index (χ0n) is 23.7. The van der Waals surface area contributed by atoms with Gasteiger partial charge in [0, 0.05) is 23.7 Å². The van der Waals surface area contributed by atoms with E-state index in [4.69, 9.17) is 9.16 Å². The predicted octanol–water partition coefficient (Wildman–Crippen LogP) is 4.47. The minimum atomic E-state index is -3.81. The summed E-state index contributed by atoms with van der Waals surface area (Å²) in [7, 11) is -4.24. The first kappa shape index (κ1) is 29.4. The van der Waals surface area contributed by atoms with Gasteiger partial charge in [0.2, 0.25) is 9.84 Å². The summed E-state index contributed by atoms with van der Waals surface area (Å²) in [4.78, 5) is 26.5. The smallest absolute Gasteiger partial charge is 0.274 e. The summed E-state index contributed by atoms with van der Waals surface area (Å²) in [6.07, 6.45) is 3.15. The maximum absolute atomic E-state index is 13.2. The van der Waals surface area contributed by atoms with Crippen LogP contribution < -0.4 is 15.9 Å². The van der Waals surface area contributed by atoms with E-state index in [0.717, 1.165) is 0 Å². The normalized spacial score (nSPS) is 12.6. The summed E-state index contributed by atoms with van der Waals surface area (Å²) < 4.78 is 40.4. The standard InChI is InChI=1S/C29H35N3O6SSi/c1-29(2,3)40(5,6)38-17-16-31-15-7-8-21(27(31)33)20-32-28(34)26-14-13-25(18-22(26)19-30-32)39(35,36)24-11-9-23(37-4)10-12-24/h7-15,18-19H,16-17,20H2,1-6H3. The van der Waals surface area contributed by atoms with Crippen LogP contribution in [-0.4, -0.2) is 44.8 Å². The van der Waals surface area contributed by atoms with E-state index in [-0.39, 0.29) is 26.9 Å². The van der Waals surface area contributed by atoms with Crippen molar-refractivity contribution in [3.63, 3.8) is 0 Å². The molecular formula is C29H35N3O6SSi. The van der Waals surface area contributed by atoms with Crippen LogP contribution in [0.3, 0.4) is 0 Å². The average molecular weight is 582 g/mol. The van der Waals surface area contributed by atoms with E-state index < -0.39 is 23.7 Å². The molecule has 40 heavy (non-hydrogen) atoms. The van der Waals surface area contributed by atoms with Crippen molar-refractivity contribution in [2.45, 2.75) is 61.8 Å². The number of benzene rings is 2. The topological polar surface area (TPSA) is 109 Å². The van der Waals surface area contributed by atoms with Crippen molar-refractivity contribution in [2.75, 3.05) is 13.7 Å². The second-order valence-corrected chi connectivity index (χ2v) is 17.9. The molecule has 0 spiro atoms. The third-order valence-corrected chi connectivity index (χ3v) is 13.8. The van der Waals surface area contributed by atoms with Gasteiger partial charge in [-0.15, -0.1) is 0 Å². The minimum absolute atomic E-state index is 0.0105. The molecule has 0 amide bonds. The Morgan fingerprint density at radius 1 is 0.950 bits per heavy atom. The molecule has 2 aromatic heterocycles. The molecule has 2 heterocycles. The molecule has 4 rings (SSSR count). The summed E-state index contributed by atoms with van der Waals surface area (Å²) in [6.45, 7) is 11.7. The first-order chi connectivity index (χ1) is 18.7. The Bertz CT molecular complexity index is 1750. The van der Waals surface area contributed by atoms with Crippen LogP contribution in [0.25, 0.3) is 10.8 Å². The van der Waals surface area contributed by atoms with Gasteiger partial charge in [-0.1, -0.05) is 26.8 Å². The summed E-state index contributed by atoms with van der Waals surface area (Å²) in [5.41, 5.74) is -0.208. The van der Waals surface area contributed by atoms with E-state index in [2.05, 4.69) is 39.0 Å². The summed E-state index contributed by atoms with van der Waals surface area (Å²) in [5, 5.41) is 5.01. The Labute approximate surface area is 235 Å². The fourth-order valence-corrected chi connectivity index (χ4v) is 6.33. The van der Waals surface area contributed by atoms with Gasteiger partial charge in [-0.2, -0.15) is 5.10 Å². The Morgan fingerprint density at radius 3 is 2.27 bits per heavy atom. The van der Waals surface area contributed by atoms with Crippen molar-refractivity contribution in [3.05, 3.63) is 93.3 Å². The number of hydrogen-bond acceptors (Lipinski definition) is 7. The van der Waals surface area contributed by atoms with Gasteiger partial charge in [0.25, 0.3) is 11.1 Å². The molecule has 0 atom stereocenters. The summed E-state index contributed by atoms with van der Waals surface area (Å²) in [5.74, 6) is 0.548. The van der Waals surface area contributed by atoms with Gasteiger partial charge in [0.05, 0.1) is 41.6 Å². The molecule has 0 aliphatic carbocycles. The van der Waals surface area contributed by atoms with Gasteiger partial charge in [-0.3, -0.25) is 9.59 Å². The number of ether oxygens (including phenoxy) is 1. The fraction of sp³-hybridized carbons (Fsp3) is 0.345. The Kier molecular flexibility index (Phi) is 8.20. The highest BCUT2D eigenvalue weighted by molar-refractivity contribution is 7.91. The molecule has 0 aliphatic heterocycles. The lowest BCUT2D eigenvalue weighted by molar-refractivity contribution is 0.270. The zero-order chi connectivity index (χ0) is 29.3. The van der Waals surface area contributed by atoms with Crippen molar-refractivity contribution in [1.29, 1.82) is 0 Å². The van der Waals surface area contributed by atoms with Gasteiger partial charge in [0.15, 0.2) is 8.32 Å². The van der Waals surface area contributed by atoms with Gasteiger partial charge in [-0.05, 0) is 66.7 Å². The van der Waals surface area contributed by atoms with E-state index in [1.807, 2.05) is 0 Å². The van der Waals surface area contributed by atoms with E-state index in [1.165, 1.54) is 48.3 Å². The molecule has 0 saturated heterocycles. The molecule has 0 bridgehead atoms. The van der Waals surface area contributed by atoms with E-state index in [1.54, 1.807) is 35.0 Å². The third kappa shape index (κ3) is 5.96. The predicted molar refractivity (Wildman–Crippen MR) is 157 cm³/mol. The second-order valence-electron chi connectivity index (χ2n) is 11.2. The van der Waals surface area contributed by atoms with Crippen LogP contribution in [0, 0.1) is 0 Å². The Morgan fingerprint density at radius 2 is 1.62 bits per heavy atom. The van der Waals surface area contributed by atoms with Crippen molar-refractivity contribution in [1.82, 2.24) is 14.3 Å². The third-order valence-electron chi connectivity index (χ3n) is 7.52. The molecule has 0 saturated carbocycles. The second kappa shape index (κ2) is 11.1. The number of pyridine rings is 1. The quantitative estimate of drug-likeness (QED) is 0.268. The number of nitrogens with zero attached hydrogens (tertiary/aromatic N) is 3. The monoisotopic (exact) mass is 581 g/mol. The molecule has 212 valence electrons. The van der Waals surface area contributed by atoms with E-state index in [9.17, 15) is 18.0 Å². The van der Waals surface area contributed by atoms with Gasteiger partial charge in [0.1, 0.15) is 5.75 Å². The number of aromatic nitrogens is 3. The van der Waals surface area contributed by atoms with Crippen molar-refractivity contribution in [2.24, 2.45) is 0 Å². The van der Waals surface area contributed by atoms with Crippen molar-refractivity contribution in [3.8, 4) is 5.75 Å². The molecule has 0 unspecified atom stereocenters. The lowest BCUT2D eigenvalue weighted by atomic mass is 10.2. The molecule has 0 aliphatic rings. The highest BCUT2D eigenvalue weighted by Crippen LogP contribution is 2.36. The highest BCUT2D eigenvalue weighted by atomic mass is 32.2. The average Bonchev–Trinajstić information content (AvgIpc) is 2.91. The molecule has 4 aromatic rings. The lowest BCUT2D eigenvalue weighted by Crippen LogP contribution is -2.42. The largest absolute Gasteiger partial charge is 0.497 e. The molecule has 11 heteroatoms. The Balaban J connectivity index is 1.56. The zero-order valence-corrected chi connectivity index (χ0v) is 25.5. The number of rotatable bonds is 9. The van der Waals surface area contributed by atoms with Crippen molar-refractivity contribution < 1.29 is 17.6 Å². The van der Waals surface area contributed by atoms with E-state index in [0.29, 0.717) is 35.2 Å². The van der Waals surface area contributed by atoms with Gasteiger partial charge >= 0.3 is 0 Å². The molecule has 0 radical (unpaired) electrons. The SMILES string of the molecule is COc1ccc(S(=O)(=O)c2ccc3c(=O)n(Cc4cccn(CCO[Si](C)(C)C(C)(C)C)c4=O)ncc3c2)cc1. The van der Waals surface area contributed by atoms with Gasteiger partial charge < -0.3 is 13.7 Å². The number of hydrogen-bond donors (Lipinski definition) is 0. The van der Waals surface area contributed by atoms with Crippen LogP contribution in [0.5, 0.6) is 5.75 Å². The number of sulfone groups is 1. The molecule has 2 aromatic carbocycles. The number of methoxy groups -OCH3 is 1. The van der Waals surface area contributed by atoms with Crippen LogP contribution >= 0.6 is 0 Å². The maximum atomic E-state index is 13.2. The minimum Gasteiger partial charge on any atom is -0.497 e. The molecular weight excluding hydrogens is 546 g/mol. The van der Waals surface area contributed by atoms with E-state index >= 15 is 0 Å². The lowest BCUT2D eigenvalue weighted by Gasteiger charge is -2.36. The first-order valence-electron chi connectivity index (χ1n) is 13.0. The highest BCUT2D eigenvalue weighted by Gasteiger charge is 2.36. The van der Waals surface area contributed by atoms with Crippen LogP contribution in [0.4, 0.5) is 0 Å². The van der Waals surface area contributed by atoms with Crippen LogP contribution in [0.2, 0.25) is 18.1 Å². The summed E-state index contributed by atoms with van der Waals surface area (Å²) in [6, 6.07) is 13.9. The fourth-order valence-electron chi connectivity index (χ4n) is 4.00. The summed E-state index contributed by atoms with van der Waals surface area (Å²) >= 11 is 0. The number of fused-ring (bicyclic) bond motifs is 1. The Hall–Kier alpha value is -3.54. The molecule has 0 N–H and O–H groups in total.